The number of rotatable bonds is 2. The minimum atomic E-state index is -0.555. The van der Waals surface area contributed by atoms with Gasteiger partial charge in [0.15, 0.2) is 0 Å². The van der Waals surface area contributed by atoms with E-state index in [0.717, 1.165) is 31.6 Å². The summed E-state index contributed by atoms with van der Waals surface area (Å²) in [5.41, 5.74) is 0.357. The largest absolute Gasteiger partial charge is 0.389 e. The normalized spacial score (nSPS) is 21.6. The van der Waals surface area contributed by atoms with Gasteiger partial charge in [0.1, 0.15) is 0 Å². The Morgan fingerprint density at radius 3 is 2.92 bits per heavy atom. The van der Waals surface area contributed by atoms with Gasteiger partial charge in [-0.1, -0.05) is 4.49 Å². The predicted octanol–water partition coefficient (Wildman–Crippen LogP) is 0.195. The van der Waals surface area contributed by atoms with Crippen LogP contribution in [0.25, 0.3) is 0 Å². The van der Waals surface area contributed by atoms with E-state index in [4.69, 9.17) is 0 Å². The van der Waals surface area contributed by atoms with Gasteiger partial charge in [0.2, 0.25) is 0 Å². The molecule has 0 amide bonds. The Kier molecular flexibility index (Phi) is 2.57. The molecule has 0 spiro atoms. The first-order chi connectivity index (χ1) is 6.29. The van der Waals surface area contributed by atoms with E-state index in [9.17, 15) is 5.11 Å². The van der Waals surface area contributed by atoms with Gasteiger partial charge in [0.05, 0.1) is 11.3 Å². The van der Waals surface area contributed by atoms with Crippen molar-refractivity contribution in [3.63, 3.8) is 0 Å². The Morgan fingerprint density at radius 2 is 2.31 bits per heavy atom. The Bertz CT molecular complexity index is 256. The zero-order valence-corrected chi connectivity index (χ0v) is 8.18. The smallest absolute Gasteiger partial charge is 0.0784 e. The molecule has 5 heteroatoms. The summed E-state index contributed by atoms with van der Waals surface area (Å²) < 4.78 is 3.78. The lowest BCUT2D eigenvalue weighted by atomic mass is 9.88. The molecule has 1 aliphatic heterocycles. The summed E-state index contributed by atoms with van der Waals surface area (Å²) in [6.45, 7) is 1.79. The van der Waals surface area contributed by atoms with Gasteiger partial charge >= 0.3 is 0 Å². The lowest BCUT2D eigenvalue weighted by Gasteiger charge is -2.31. The van der Waals surface area contributed by atoms with E-state index in [0.29, 0.717) is 6.42 Å². The molecule has 0 unspecified atom stereocenters. The quantitative estimate of drug-likeness (QED) is 0.714. The van der Waals surface area contributed by atoms with E-state index in [1.165, 1.54) is 11.5 Å². The van der Waals surface area contributed by atoms with Gasteiger partial charge in [0.25, 0.3) is 0 Å². The maximum Gasteiger partial charge on any atom is 0.0784 e. The maximum absolute atomic E-state index is 10.1. The maximum atomic E-state index is 10.1. The zero-order chi connectivity index (χ0) is 9.15. The van der Waals surface area contributed by atoms with E-state index in [1.807, 2.05) is 5.38 Å². The molecule has 1 aromatic heterocycles. The molecule has 72 valence electrons. The molecule has 1 aromatic rings. The summed E-state index contributed by atoms with van der Waals surface area (Å²) in [6.07, 6.45) is 2.26. The summed E-state index contributed by atoms with van der Waals surface area (Å²) in [7, 11) is 0. The number of piperidine rings is 1. The summed E-state index contributed by atoms with van der Waals surface area (Å²) in [6, 6.07) is 0. The average Bonchev–Trinajstić information content (AvgIpc) is 2.57. The number of hydrogen-bond donors (Lipinski definition) is 2. The van der Waals surface area contributed by atoms with Crippen LogP contribution in [0.1, 0.15) is 18.5 Å². The second kappa shape index (κ2) is 3.69. The van der Waals surface area contributed by atoms with Gasteiger partial charge in [-0.15, -0.1) is 5.10 Å². The third kappa shape index (κ3) is 2.24. The summed E-state index contributed by atoms with van der Waals surface area (Å²) in [5, 5.41) is 19.2. The molecule has 0 radical (unpaired) electrons. The number of aromatic nitrogens is 2. The highest BCUT2D eigenvalue weighted by Crippen LogP contribution is 2.22. The SMILES string of the molecule is OC1(Cc2csnn2)CCNCC1. The van der Waals surface area contributed by atoms with Crippen LogP contribution in [0.2, 0.25) is 0 Å². The summed E-state index contributed by atoms with van der Waals surface area (Å²) in [4.78, 5) is 0. The lowest BCUT2D eigenvalue weighted by Crippen LogP contribution is -2.43. The molecule has 2 N–H and O–H groups in total. The molecule has 13 heavy (non-hydrogen) atoms. The van der Waals surface area contributed by atoms with Crippen LogP contribution in [-0.4, -0.2) is 33.4 Å². The van der Waals surface area contributed by atoms with E-state index in [1.54, 1.807) is 0 Å². The molecule has 0 bridgehead atoms. The van der Waals surface area contributed by atoms with Gasteiger partial charge in [-0.2, -0.15) is 0 Å². The Hall–Kier alpha value is -0.520. The van der Waals surface area contributed by atoms with Crippen molar-refractivity contribution in [1.29, 1.82) is 0 Å². The number of aliphatic hydroxyl groups is 1. The van der Waals surface area contributed by atoms with Crippen molar-refractivity contribution in [2.24, 2.45) is 0 Å². The standard InChI is InChI=1S/C8H13N3OS/c12-8(1-3-9-4-2-8)5-7-6-13-11-10-7/h6,9,12H,1-5H2. The van der Waals surface area contributed by atoms with Crippen molar-refractivity contribution in [3.8, 4) is 0 Å². The van der Waals surface area contributed by atoms with Crippen molar-refractivity contribution < 1.29 is 5.11 Å². The van der Waals surface area contributed by atoms with Crippen molar-refractivity contribution in [2.75, 3.05) is 13.1 Å². The van der Waals surface area contributed by atoms with Crippen LogP contribution in [0.15, 0.2) is 5.38 Å². The first-order valence-corrected chi connectivity index (χ1v) is 5.31. The summed E-state index contributed by atoms with van der Waals surface area (Å²) >= 11 is 1.34. The van der Waals surface area contributed by atoms with Crippen LogP contribution in [0.4, 0.5) is 0 Å². The van der Waals surface area contributed by atoms with Gasteiger partial charge in [0, 0.05) is 11.8 Å². The van der Waals surface area contributed by atoms with Crippen molar-refractivity contribution in [2.45, 2.75) is 24.9 Å². The number of hydrogen-bond acceptors (Lipinski definition) is 5. The highest BCUT2D eigenvalue weighted by molar-refractivity contribution is 7.03. The van der Waals surface area contributed by atoms with Gasteiger partial charge < -0.3 is 10.4 Å². The first kappa shape index (κ1) is 9.05. The fourth-order valence-corrected chi connectivity index (χ4v) is 2.12. The number of nitrogens with one attached hydrogen (secondary N) is 1. The highest BCUT2D eigenvalue weighted by Gasteiger charge is 2.29. The van der Waals surface area contributed by atoms with Crippen molar-refractivity contribution in [1.82, 2.24) is 14.9 Å². The average molecular weight is 199 g/mol. The van der Waals surface area contributed by atoms with Crippen molar-refractivity contribution >= 4 is 11.5 Å². The Morgan fingerprint density at radius 1 is 1.54 bits per heavy atom. The van der Waals surface area contributed by atoms with Crippen molar-refractivity contribution in [3.05, 3.63) is 11.1 Å². The molecular formula is C8H13N3OS. The molecule has 0 aliphatic carbocycles. The van der Waals surface area contributed by atoms with E-state index < -0.39 is 5.60 Å². The molecule has 0 atom stereocenters. The number of nitrogens with zero attached hydrogens (tertiary/aromatic N) is 2. The van der Waals surface area contributed by atoms with Crippen LogP contribution >= 0.6 is 11.5 Å². The van der Waals surface area contributed by atoms with Crippen LogP contribution in [0.3, 0.4) is 0 Å². The fourth-order valence-electron chi connectivity index (χ4n) is 1.67. The van der Waals surface area contributed by atoms with Crippen LogP contribution in [-0.2, 0) is 6.42 Å². The van der Waals surface area contributed by atoms with Gasteiger partial charge in [-0.05, 0) is 37.5 Å². The van der Waals surface area contributed by atoms with E-state index >= 15 is 0 Å². The van der Waals surface area contributed by atoms with Crippen LogP contribution in [0.5, 0.6) is 0 Å². The first-order valence-electron chi connectivity index (χ1n) is 4.48. The molecule has 2 rings (SSSR count). The summed E-state index contributed by atoms with van der Waals surface area (Å²) in [5.74, 6) is 0. The lowest BCUT2D eigenvalue weighted by molar-refractivity contribution is 0.0100. The van der Waals surface area contributed by atoms with E-state index in [-0.39, 0.29) is 0 Å². The monoisotopic (exact) mass is 199 g/mol. The molecule has 4 nitrogen and oxygen atoms in total. The second-order valence-corrected chi connectivity index (χ2v) is 4.16. The molecular weight excluding hydrogens is 186 g/mol. The minimum absolute atomic E-state index is 0.555. The minimum Gasteiger partial charge on any atom is -0.389 e. The molecule has 1 aliphatic rings. The molecule has 2 heterocycles. The molecule has 1 saturated heterocycles. The third-order valence-corrected chi connectivity index (χ3v) is 3.00. The zero-order valence-electron chi connectivity index (χ0n) is 7.36. The predicted molar refractivity (Wildman–Crippen MR) is 50.7 cm³/mol. The molecule has 1 fully saturated rings. The fraction of sp³-hybridized carbons (Fsp3) is 0.750. The third-order valence-electron chi connectivity index (χ3n) is 2.45. The van der Waals surface area contributed by atoms with Crippen LogP contribution < -0.4 is 5.32 Å². The topological polar surface area (TPSA) is 58.0 Å². The van der Waals surface area contributed by atoms with E-state index in [2.05, 4.69) is 14.9 Å². The van der Waals surface area contributed by atoms with Gasteiger partial charge in [-0.3, -0.25) is 0 Å². The second-order valence-electron chi connectivity index (χ2n) is 3.55. The van der Waals surface area contributed by atoms with Crippen LogP contribution in [0, 0.1) is 0 Å². The Labute approximate surface area is 81.1 Å². The molecule has 0 saturated carbocycles. The van der Waals surface area contributed by atoms with Gasteiger partial charge in [-0.25, -0.2) is 0 Å². The Balaban J connectivity index is 1.99. The molecule has 0 aromatic carbocycles. The highest BCUT2D eigenvalue weighted by atomic mass is 32.1.